The van der Waals surface area contributed by atoms with Crippen LogP contribution >= 0.6 is 0 Å². The van der Waals surface area contributed by atoms with Gasteiger partial charge >= 0.3 is 0 Å². The fourth-order valence-electron chi connectivity index (χ4n) is 3.70. The number of fused-ring (bicyclic) bond motifs is 1. The number of aromatic hydroxyl groups is 1. The van der Waals surface area contributed by atoms with Crippen molar-refractivity contribution in [1.82, 2.24) is 4.98 Å². The first-order chi connectivity index (χ1) is 14.0. The summed E-state index contributed by atoms with van der Waals surface area (Å²) >= 11 is 0. The highest BCUT2D eigenvalue weighted by atomic mass is 19.1. The maximum absolute atomic E-state index is 13.8. The van der Waals surface area contributed by atoms with E-state index < -0.39 is 0 Å². The first-order valence-electron chi connectivity index (χ1n) is 10.3. The van der Waals surface area contributed by atoms with Gasteiger partial charge < -0.3 is 10.0 Å². The number of pyridine rings is 1. The number of carbonyl (C=O) groups is 2. The van der Waals surface area contributed by atoms with Crippen LogP contribution in [0.4, 0.5) is 10.1 Å². The van der Waals surface area contributed by atoms with E-state index >= 15 is 0 Å². The van der Waals surface area contributed by atoms with Gasteiger partial charge in [0.2, 0.25) is 5.91 Å². The number of hydrogen-bond acceptors (Lipinski definition) is 4. The summed E-state index contributed by atoms with van der Waals surface area (Å²) in [5, 5.41) is 8.97. The Morgan fingerprint density at radius 1 is 1.14 bits per heavy atom. The summed E-state index contributed by atoms with van der Waals surface area (Å²) in [6.45, 7) is 2.80. The molecule has 1 N–H and O–H groups in total. The molecule has 1 aliphatic carbocycles. The Morgan fingerprint density at radius 3 is 2.62 bits per heavy atom. The van der Waals surface area contributed by atoms with Crippen molar-refractivity contribution in [1.29, 1.82) is 0 Å². The third kappa shape index (κ3) is 5.19. The van der Waals surface area contributed by atoms with Crippen molar-refractivity contribution in [2.75, 3.05) is 11.4 Å². The number of hydrogen-bond donors (Lipinski definition) is 1. The summed E-state index contributed by atoms with van der Waals surface area (Å²) in [6.07, 6.45) is 8.36. The van der Waals surface area contributed by atoms with Gasteiger partial charge in [-0.15, -0.1) is 0 Å². The number of ketones is 1. The average Bonchev–Trinajstić information content (AvgIpc) is 3.30. The van der Waals surface area contributed by atoms with Crippen LogP contribution in [-0.4, -0.2) is 28.3 Å². The molecule has 2 aliphatic rings. The number of unbranched alkanes of at least 4 members (excludes halogenated alkanes) is 2. The molecule has 1 fully saturated rings. The maximum atomic E-state index is 13.8. The second-order valence-corrected chi connectivity index (χ2v) is 7.49. The van der Waals surface area contributed by atoms with Crippen LogP contribution in [0.1, 0.15) is 67.1 Å². The van der Waals surface area contributed by atoms with E-state index in [1.165, 1.54) is 31.5 Å². The normalized spacial score (nSPS) is 15.3. The Morgan fingerprint density at radius 2 is 1.97 bits per heavy atom. The van der Waals surface area contributed by atoms with Crippen molar-refractivity contribution in [3.05, 3.63) is 53.1 Å². The number of halogens is 1. The molecule has 154 valence electrons. The number of amides is 1. The van der Waals surface area contributed by atoms with E-state index in [4.69, 9.17) is 5.11 Å². The topological polar surface area (TPSA) is 70.5 Å². The highest BCUT2D eigenvalue weighted by molar-refractivity contribution is 6.03. The van der Waals surface area contributed by atoms with Crippen LogP contribution in [-0.2, 0) is 17.6 Å². The molecule has 0 atom stereocenters. The number of rotatable bonds is 5. The SMILES string of the molecule is CCCCCc1ccc(O)cn1.O=C1CCc2c(F)cc(N3CCCC3=O)cc21. The third-order valence-electron chi connectivity index (χ3n) is 5.31. The first kappa shape index (κ1) is 21.0. The summed E-state index contributed by atoms with van der Waals surface area (Å²) < 4.78 is 13.8. The van der Waals surface area contributed by atoms with Crippen molar-refractivity contribution >= 4 is 17.4 Å². The zero-order chi connectivity index (χ0) is 20.8. The van der Waals surface area contributed by atoms with Crippen LogP contribution in [0.2, 0.25) is 0 Å². The highest BCUT2D eigenvalue weighted by Gasteiger charge is 2.27. The predicted octanol–water partition coefficient (Wildman–Crippen LogP) is 4.60. The second-order valence-electron chi connectivity index (χ2n) is 7.49. The number of aryl methyl sites for hydroxylation is 1. The highest BCUT2D eigenvalue weighted by Crippen LogP contribution is 2.31. The van der Waals surface area contributed by atoms with E-state index in [0.29, 0.717) is 42.6 Å². The lowest BCUT2D eigenvalue weighted by molar-refractivity contribution is -0.117. The van der Waals surface area contributed by atoms with E-state index in [0.717, 1.165) is 18.5 Å². The molecular formula is C23H27FN2O3. The molecule has 0 bridgehead atoms. The molecule has 2 heterocycles. The van der Waals surface area contributed by atoms with E-state index in [9.17, 15) is 14.0 Å². The monoisotopic (exact) mass is 398 g/mol. The average molecular weight is 398 g/mol. The van der Waals surface area contributed by atoms with Crippen LogP contribution in [0.25, 0.3) is 0 Å². The van der Waals surface area contributed by atoms with Crippen molar-refractivity contribution in [3.63, 3.8) is 0 Å². The Kier molecular flexibility index (Phi) is 6.96. The van der Waals surface area contributed by atoms with Gasteiger partial charge in [-0.1, -0.05) is 19.8 Å². The minimum absolute atomic E-state index is 0.00907. The molecular weight excluding hydrogens is 371 g/mol. The second kappa shape index (κ2) is 9.63. The van der Waals surface area contributed by atoms with Crippen LogP contribution in [0.3, 0.4) is 0 Å². The van der Waals surface area contributed by atoms with Crippen LogP contribution in [0.15, 0.2) is 30.5 Å². The fourth-order valence-corrected chi connectivity index (χ4v) is 3.70. The van der Waals surface area contributed by atoms with Crippen LogP contribution in [0.5, 0.6) is 5.75 Å². The zero-order valence-corrected chi connectivity index (χ0v) is 16.8. The molecule has 2 aromatic rings. The van der Waals surface area contributed by atoms with Crippen molar-refractivity contribution in [2.24, 2.45) is 0 Å². The van der Waals surface area contributed by atoms with Gasteiger partial charge in [0.05, 0.1) is 6.20 Å². The number of aromatic nitrogens is 1. The summed E-state index contributed by atoms with van der Waals surface area (Å²) in [5.41, 5.74) is 2.56. The van der Waals surface area contributed by atoms with Gasteiger partial charge in [-0.3, -0.25) is 14.6 Å². The number of carbonyl (C=O) groups excluding carboxylic acids is 2. The molecule has 0 radical (unpaired) electrons. The van der Waals surface area contributed by atoms with Crippen LogP contribution < -0.4 is 4.90 Å². The summed E-state index contributed by atoms with van der Waals surface area (Å²) in [7, 11) is 0. The molecule has 0 spiro atoms. The predicted molar refractivity (Wildman–Crippen MR) is 110 cm³/mol. The van der Waals surface area contributed by atoms with Gasteiger partial charge in [-0.2, -0.15) is 0 Å². The minimum atomic E-state index is -0.358. The molecule has 4 rings (SSSR count). The standard InChI is InChI=1S/C13H12FNO2.C10H15NO/c14-11-7-8(15-5-1-2-13(15)17)6-10-9(11)3-4-12(10)16;1-2-3-4-5-9-6-7-10(12)8-11-9/h6-7H,1-5H2;6-8,12H,2-5H2,1H3. The van der Waals surface area contributed by atoms with Crippen molar-refractivity contribution < 1.29 is 19.1 Å². The quantitative estimate of drug-likeness (QED) is 0.747. The Bertz CT molecular complexity index is 880. The largest absolute Gasteiger partial charge is 0.506 e. The van der Waals surface area contributed by atoms with E-state index in [1.54, 1.807) is 17.0 Å². The Hall–Kier alpha value is -2.76. The Balaban J connectivity index is 0.000000177. The summed E-state index contributed by atoms with van der Waals surface area (Å²) in [5.74, 6) is -0.125. The van der Waals surface area contributed by atoms with Crippen molar-refractivity contribution in [3.8, 4) is 5.75 Å². The summed E-state index contributed by atoms with van der Waals surface area (Å²) in [4.78, 5) is 28.8. The van der Waals surface area contributed by atoms with Crippen molar-refractivity contribution in [2.45, 2.75) is 58.3 Å². The van der Waals surface area contributed by atoms with Gasteiger partial charge in [0.25, 0.3) is 0 Å². The third-order valence-corrected chi connectivity index (χ3v) is 5.31. The van der Waals surface area contributed by atoms with Gasteiger partial charge in [0.15, 0.2) is 5.78 Å². The lowest BCUT2D eigenvalue weighted by atomic mass is 10.1. The molecule has 1 aromatic carbocycles. The van der Waals surface area contributed by atoms with E-state index in [1.807, 2.05) is 6.07 Å². The molecule has 29 heavy (non-hydrogen) atoms. The zero-order valence-electron chi connectivity index (χ0n) is 16.8. The van der Waals surface area contributed by atoms with Gasteiger partial charge in [0.1, 0.15) is 11.6 Å². The van der Waals surface area contributed by atoms with E-state index in [2.05, 4.69) is 11.9 Å². The van der Waals surface area contributed by atoms with Gasteiger partial charge in [-0.25, -0.2) is 4.39 Å². The number of Topliss-reactive ketones (excluding diaryl/α,β-unsaturated/α-hetero) is 1. The molecule has 6 heteroatoms. The minimum Gasteiger partial charge on any atom is -0.506 e. The van der Waals surface area contributed by atoms with Gasteiger partial charge in [0, 0.05) is 36.3 Å². The van der Waals surface area contributed by atoms with Gasteiger partial charge in [-0.05, 0) is 55.5 Å². The number of anilines is 1. The number of benzene rings is 1. The Labute approximate surface area is 170 Å². The lowest BCUT2D eigenvalue weighted by Crippen LogP contribution is -2.24. The molecule has 1 saturated heterocycles. The molecule has 1 amide bonds. The molecule has 1 aliphatic heterocycles. The molecule has 5 nitrogen and oxygen atoms in total. The number of nitrogens with zero attached hydrogens (tertiary/aromatic N) is 2. The first-order valence-corrected chi connectivity index (χ1v) is 10.3. The van der Waals surface area contributed by atoms with Crippen LogP contribution in [0, 0.1) is 5.82 Å². The molecule has 0 unspecified atom stereocenters. The maximum Gasteiger partial charge on any atom is 0.227 e. The summed E-state index contributed by atoms with van der Waals surface area (Å²) in [6, 6.07) is 6.61. The van der Waals surface area contributed by atoms with E-state index in [-0.39, 0.29) is 23.3 Å². The molecule has 1 aromatic heterocycles. The smallest absolute Gasteiger partial charge is 0.227 e. The lowest BCUT2D eigenvalue weighted by Gasteiger charge is -2.17. The fraction of sp³-hybridized carbons (Fsp3) is 0.435. The molecule has 0 saturated carbocycles.